The second kappa shape index (κ2) is 6.73. The lowest BCUT2D eigenvalue weighted by atomic mass is 9.97. The molecule has 4 nitrogen and oxygen atoms in total. The summed E-state index contributed by atoms with van der Waals surface area (Å²) >= 11 is 0. The first-order valence-corrected chi connectivity index (χ1v) is 7.62. The lowest BCUT2D eigenvalue weighted by Gasteiger charge is -2.19. The van der Waals surface area contributed by atoms with Gasteiger partial charge >= 0.3 is 0 Å². The van der Waals surface area contributed by atoms with Gasteiger partial charge in [-0.15, -0.1) is 0 Å². The number of nitrogens with zero attached hydrogens (tertiary/aromatic N) is 1. The number of hydrogen-bond acceptors (Lipinski definition) is 3. The van der Waals surface area contributed by atoms with E-state index in [4.69, 9.17) is 0 Å². The number of rotatable bonds is 5. The van der Waals surface area contributed by atoms with E-state index < -0.39 is 0 Å². The lowest BCUT2D eigenvalue weighted by Crippen LogP contribution is -2.37. The van der Waals surface area contributed by atoms with Crippen molar-refractivity contribution in [2.75, 3.05) is 11.9 Å². The molecule has 20 heavy (non-hydrogen) atoms. The summed E-state index contributed by atoms with van der Waals surface area (Å²) in [4.78, 5) is 16.5. The van der Waals surface area contributed by atoms with Crippen molar-refractivity contribution in [3.05, 3.63) is 23.9 Å². The number of carbonyl (C=O) groups excluding carboxylic acids is 1. The second-order valence-electron chi connectivity index (χ2n) is 5.85. The third-order valence-corrected chi connectivity index (χ3v) is 4.36. The minimum absolute atomic E-state index is 0.00880. The van der Waals surface area contributed by atoms with Gasteiger partial charge in [-0.2, -0.15) is 0 Å². The zero-order valence-corrected chi connectivity index (χ0v) is 12.6. The van der Waals surface area contributed by atoms with Crippen LogP contribution in [0.15, 0.2) is 18.3 Å². The Morgan fingerprint density at radius 2 is 2.15 bits per heavy atom. The molecule has 1 aromatic rings. The van der Waals surface area contributed by atoms with E-state index >= 15 is 0 Å². The smallest absolute Gasteiger partial charge is 0.253 e. The van der Waals surface area contributed by atoms with E-state index in [2.05, 4.69) is 36.4 Å². The summed E-state index contributed by atoms with van der Waals surface area (Å²) in [5.74, 6) is 2.06. The zero-order valence-electron chi connectivity index (χ0n) is 12.6. The lowest BCUT2D eigenvalue weighted by molar-refractivity contribution is 0.0927. The van der Waals surface area contributed by atoms with Crippen LogP contribution in [0.4, 0.5) is 5.82 Å². The SMILES string of the molecule is CCCNc1ccc(C(=O)NC2CCC(C)C2C)cn1. The van der Waals surface area contributed by atoms with Crippen LogP contribution in [0.25, 0.3) is 0 Å². The fourth-order valence-corrected chi connectivity index (χ4v) is 2.71. The molecule has 0 aromatic carbocycles. The largest absolute Gasteiger partial charge is 0.370 e. The first kappa shape index (κ1) is 14.8. The fourth-order valence-electron chi connectivity index (χ4n) is 2.71. The summed E-state index contributed by atoms with van der Waals surface area (Å²) < 4.78 is 0. The van der Waals surface area contributed by atoms with Crippen molar-refractivity contribution in [2.24, 2.45) is 11.8 Å². The van der Waals surface area contributed by atoms with Crippen molar-refractivity contribution in [1.82, 2.24) is 10.3 Å². The van der Waals surface area contributed by atoms with Crippen molar-refractivity contribution in [2.45, 2.75) is 46.1 Å². The van der Waals surface area contributed by atoms with Crippen molar-refractivity contribution in [3.63, 3.8) is 0 Å². The second-order valence-corrected chi connectivity index (χ2v) is 5.85. The Kier molecular flexibility index (Phi) is 4.99. The standard InChI is InChI=1S/C16H25N3O/c1-4-9-17-15-8-6-13(10-18-15)16(20)19-14-7-5-11(2)12(14)3/h6,8,10-12,14H,4-5,7,9H2,1-3H3,(H,17,18)(H,19,20). The van der Waals surface area contributed by atoms with Gasteiger partial charge in [-0.1, -0.05) is 20.8 Å². The molecular formula is C16H25N3O. The van der Waals surface area contributed by atoms with Gasteiger partial charge in [0, 0.05) is 18.8 Å². The molecule has 0 aliphatic heterocycles. The molecule has 1 saturated carbocycles. The number of amides is 1. The van der Waals surface area contributed by atoms with Crippen molar-refractivity contribution < 1.29 is 4.79 Å². The Hall–Kier alpha value is -1.58. The molecule has 2 rings (SSSR count). The highest BCUT2D eigenvalue weighted by Crippen LogP contribution is 2.31. The molecule has 4 heteroatoms. The highest BCUT2D eigenvalue weighted by atomic mass is 16.1. The van der Waals surface area contributed by atoms with Crippen LogP contribution in [-0.2, 0) is 0 Å². The number of pyridine rings is 1. The van der Waals surface area contributed by atoms with E-state index in [1.165, 1.54) is 6.42 Å². The number of carbonyl (C=O) groups is 1. The molecular weight excluding hydrogens is 250 g/mol. The summed E-state index contributed by atoms with van der Waals surface area (Å²) in [6, 6.07) is 4.00. The molecule has 0 radical (unpaired) electrons. The van der Waals surface area contributed by atoms with Gasteiger partial charge in [-0.3, -0.25) is 4.79 Å². The summed E-state index contributed by atoms with van der Waals surface area (Å²) in [6.45, 7) is 7.49. The molecule has 0 saturated heterocycles. The van der Waals surface area contributed by atoms with E-state index in [1.807, 2.05) is 12.1 Å². The number of aromatic nitrogens is 1. The molecule has 0 bridgehead atoms. The minimum Gasteiger partial charge on any atom is -0.370 e. The van der Waals surface area contributed by atoms with Crippen molar-refractivity contribution in [3.8, 4) is 0 Å². The summed E-state index contributed by atoms with van der Waals surface area (Å²) in [5, 5.41) is 6.34. The van der Waals surface area contributed by atoms with Gasteiger partial charge in [-0.25, -0.2) is 4.98 Å². The fraction of sp³-hybridized carbons (Fsp3) is 0.625. The van der Waals surface area contributed by atoms with Crippen LogP contribution in [0.2, 0.25) is 0 Å². The maximum absolute atomic E-state index is 12.2. The summed E-state index contributed by atoms with van der Waals surface area (Å²) in [6.07, 6.45) is 4.99. The number of anilines is 1. The monoisotopic (exact) mass is 275 g/mol. The van der Waals surface area contributed by atoms with E-state index in [1.54, 1.807) is 6.20 Å². The van der Waals surface area contributed by atoms with Gasteiger partial charge in [0.25, 0.3) is 5.91 Å². The van der Waals surface area contributed by atoms with Crippen LogP contribution in [0, 0.1) is 11.8 Å². The van der Waals surface area contributed by atoms with Crippen molar-refractivity contribution in [1.29, 1.82) is 0 Å². The normalized spacial score (nSPS) is 25.4. The molecule has 1 aromatic heterocycles. The molecule has 110 valence electrons. The molecule has 1 fully saturated rings. The van der Waals surface area contributed by atoms with E-state index in [0.29, 0.717) is 23.4 Å². The Morgan fingerprint density at radius 1 is 1.35 bits per heavy atom. The van der Waals surface area contributed by atoms with Crippen LogP contribution in [0.5, 0.6) is 0 Å². The van der Waals surface area contributed by atoms with Crippen LogP contribution >= 0.6 is 0 Å². The molecule has 3 unspecified atom stereocenters. The Labute approximate surface area is 121 Å². The van der Waals surface area contributed by atoms with Gasteiger partial charge in [0.2, 0.25) is 0 Å². The third-order valence-electron chi connectivity index (χ3n) is 4.36. The quantitative estimate of drug-likeness (QED) is 0.868. The molecule has 1 amide bonds. The maximum Gasteiger partial charge on any atom is 0.253 e. The third kappa shape index (κ3) is 3.50. The molecule has 1 aliphatic carbocycles. The number of hydrogen-bond donors (Lipinski definition) is 2. The molecule has 3 atom stereocenters. The van der Waals surface area contributed by atoms with Crippen molar-refractivity contribution >= 4 is 11.7 Å². The van der Waals surface area contributed by atoms with Crippen LogP contribution < -0.4 is 10.6 Å². The maximum atomic E-state index is 12.2. The first-order chi connectivity index (χ1) is 9.61. The average Bonchev–Trinajstić information content (AvgIpc) is 2.77. The molecule has 2 N–H and O–H groups in total. The number of nitrogens with one attached hydrogen (secondary N) is 2. The topological polar surface area (TPSA) is 54.0 Å². The van der Waals surface area contributed by atoms with Crippen LogP contribution in [0.1, 0.15) is 50.4 Å². The molecule has 1 heterocycles. The average molecular weight is 275 g/mol. The Bertz CT molecular complexity index is 444. The predicted octanol–water partition coefficient (Wildman–Crippen LogP) is 3.07. The van der Waals surface area contributed by atoms with E-state index in [-0.39, 0.29) is 5.91 Å². The first-order valence-electron chi connectivity index (χ1n) is 7.62. The van der Waals surface area contributed by atoms with E-state index in [9.17, 15) is 4.79 Å². The predicted molar refractivity (Wildman–Crippen MR) is 81.8 cm³/mol. The molecule has 0 spiro atoms. The Morgan fingerprint density at radius 3 is 2.70 bits per heavy atom. The highest BCUT2D eigenvalue weighted by molar-refractivity contribution is 5.94. The van der Waals surface area contributed by atoms with Crippen LogP contribution in [-0.4, -0.2) is 23.5 Å². The highest BCUT2D eigenvalue weighted by Gasteiger charge is 2.30. The van der Waals surface area contributed by atoms with Gasteiger partial charge in [0.15, 0.2) is 0 Å². The zero-order chi connectivity index (χ0) is 14.5. The minimum atomic E-state index is -0.00880. The van der Waals surface area contributed by atoms with Crippen LogP contribution in [0.3, 0.4) is 0 Å². The Balaban J connectivity index is 1.92. The van der Waals surface area contributed by atoms with E-state index in [0.717, 1.165) is 25.2 Å². The van der Waals surface area contributed by atoms with Gasteiger partial charge in [-0.05, 0) is 43.2 Å². The molecule has 1 aliphatic rings. The van der Waals surface area contributed by atoms with Gasteiger partial charge in [0.05, 0.1) is 5.56 Å². The summed E-state index contributed by atoms with van der Waals surface area (Å²) in [5.41, 5.74) is 0.638. The van der Waals surface area contributed by atoms with Gasteiger partial charge < -0.3 is 10.6 Å². The summed E-state index contributed by atoms with van der Waals surface area (Å²) in [7, 11) is 0. The van der Waals surface area contributed by atoms with Gasteiger partial charge in [0.1, 0.15) is 5.82 Å².